The molecule has 4 rings (SSSR count). The summed E-state index contributed by atoms with van der Waals surface area (Å²) >= 11 is 0. The van der Waals surface area contributed by atoms with Crippen LogP contribution in [0.25, 0.3) is 0 Å². The van der Waals surface area contributed by atoms with Gasteiger partial charge in [0.1, 0.15) is 5.75 Å². The fourth-order valence-electron chi connectivity index (χ4n) is 5.99. The van der Waals surface area contributed by atoms with E-state index in [1.807, 2.05) is 12.1 Å². The van der Waals surface area contributed by atoms with E-state index < -0.39 is 0 Å². The molecule has 2 bridgehead atoms. The minimum atomic E-state index is 0.315. The molecule has 3 aliphatic rings. The highest BCUT2D eigenvalue weighted by Crippen LogP contribution is 2.52. The molecule has 5 heteroatoms. The van der Waals surface area contributed by atoms with Crippen LogP contribution in [0.4, 0.5) is 5.69 Å². The average molecular weight is 386 g/mol. The number of likely N-dealkylation sites (tertiary alicyclic amines) is 1. The monoisotopic (exact) mass is 385 g/mol. The number of hydrogen-bond acceptors (Lipinski definition) is 4. The Bertz CT molecular complexity index is 709. The Labute approximate surface area is 169 Å². The van der Waals surface area contributed by atoms with Gasteiger partial charge in [0.2, 0.25) is 5.91 Å². The van der Waals surface area contributed by atoms with E-state index in [9.17, 15) is 4.79 Å². The topological polar surface area (TPSA) is 36.0 Å². The van der Waals surface area contributed by atoms with Gasteiger partial charge in [-0.05, 0) is 54.4 Å². The first-order valence-electron chi connectivity index (χ1n) is 10.7. The highest BCUT2D eigenvalue weighted by Gasteiger charge is 2.50. The molecule has 1 aromatic carbocycles. The predicted octanol–water partition coefficient (Wildman–Crippen LogP) is 3.24. The molecule has 2 aliphatic heterocycles. The van der Waals surface area contributed by atoms with E-state index in [-0.39, 0.29) is 0 Å². The van der Waals surface area contributed by atoms with E-state index in [4.69, 9.17) is 4.74 Å². The Morgan fingerprint density at radius 3 is 2.39 bits per heavy atom. The molecule has 28 heavy (non-hydrogen) atoms. The van der Waals surface area contributed by atoms with E-state index in [0.29, 0.717) is 29.3 Å². The standard InChI is InChI=1S/C23H35N3O2/c1-22(2)13-19-14-23(3,16-22)17-26(19)21(27)15-24-9-11-25(12-10-24)18-5-7-20(28-4)8-6-18/h5-8,19H,9-17H2,1-4H3/t19-,23+/m1/s1. The molecule has 1 aliphatic carbocycles. The van der Waals surface area contributed by atoms with Gasteiger partial charge in [0.05, 0.1) is 13.7 Å². The second-order valence-corrected chi connectivity index (χ2v) is 10.2. The third-order valence-corrected chi connectivity index (χ3v) is 6.90. The maximum Gasteiger partial charge on any atom is 0.237 e. The number of carbonyl (C=O) groups is 1. The van der Waals surface area contributed by atoms with Crippen molar-refractivity contribution in [3.63, 3.8) is 0 Å². The van der Waals surface area contributed by atoms with Crippen molar-refractivity contribution in [2.75, 3.05) is 51.3 Å². The van der Waals surface area contributed by atoms with Crippen molar-refractivity contribution >= 4 is 11.6 Å². The zero-order chi connectivity index (χ0) is 19.9. The molecule has 5 nitrogen and oxygen atoms in total. The highest BCUT2D eigenvalue weighted by atomic mass is 16.5. The summed E-state index contributed by atoms with van der Waals surface area (Å²) in [5.74, 6) is 1.23. The fourth-order valence-corrected chi connectivity index (χ4v) is 5.99. The zero-order valence-corrected chi connectivity index (χ0v) is 17.9. The van der Waals surface area contributed by atoms with E-state index in [1.165, 1.54) is 18.5 Å². The van der Waals surface area contributed by atoms with Crippen molar-refractivity contribution in [1.29, 1.82) is 0 Å². The molecule has 0 N–H and O–H groups in total. The number of benzene rings is 1. The van der Waals surface area contributed by atoms with Gasteiger partial charge in [-0.25, -0.2) is 0 Å². The van der Waals surface area contributed by atoms with E-state index in [1.54, 1.807) is 7.11 Å². The molecule has 1 amide bonds. The SMILES string of the molecule is COc1ccc(N2CCN(CC(=O)N3C[C@@]4(C)C[C@H]3CC(C)(C)C4)CC2)cc1. The van der Waals surface area contributed by atoms with Gasteiger partial charge in [-0.3, -0.25) is 9.69 Å². The van der Waals surface area contributed by atoms with Gasteiger partial charge < -0.3 is 14.5 Å². The van der Waals surface area contributed by atoms with Crippen molar-refractivity contribution < 1.29 is 9.53 Å². The summed E-state index contributed by atoms with van der Waals surface area (Å²) in [7, 11) is 1.69. The molecular weight excluding hydrogens is 350 g/mol. The van der Waals surface area contributed by atoms with Crippen LogP contribution in [0.15, 0.2) is 24.3 Å². The highest BCUT2D eigenvalue weighted by molar-refractivity contribution is 5.79. The quantitative estimate of drug-likeness (QED) is 0.797. The fraction of sp³-hybridized carbons (Fsp3) is 0.696. The normalized spacial score (nSPS) is 29.8. The average Bonchev–Trinajstić information content (AvgIpc) is 2.91. The maximum absolute atomic E-state index is 13.1. The summed E-state index contributed by atoms with van der Waals surface area (Å²) in [5, 5.41) is 0. The summed E-state index contributed by atoms with van der Waals surface area (Å²) in [5.41, 5.74) is 1.90. The molecule has 0 aromatic heterocycles. The molecule has 3 fully saturated rings. The Morgan fingerprint density at radius 1 is 1.07 bits per heavy atom. The number of methoxy groups -OCH3 is 1. The summed E-state index contributed by atoms with van der Waals surface area (Å²) in [6, 6.07) is 8.71. The molecule has 1 aromatic rings. The number of fused-ring (bicyclic) bond motifs is 2. The molecule has 0 unspecified atom stereocenters. The third-order valence-electron chi connectivity index (χ3n) is 6.90. The molecule has 0 spiro atoms. The number of nitrogens with zero attached hydrogens (tertiary/aromatic N) is 3. The number of piperazine rings is 1. The minimum Gasteiger partial charge on any atom is -0.497 e. The van der Waals surface area contributed by atoms with Gasteiger partial charge in [0, 0.05) is 44.5 Å². The summed E-state index contributed by atoms with van der Waals surface area (Å²) in [6.45, 7) is 12.4. The van der Waals surface area contributed by atoms with Crippen LogP contribution in [0.3, 0.4) is 0 Å². The van der Waals surface area contributed by atoms with Crippen molar-refractivity contribution in [3.8, 4) is 5.75 Å². The Morgan fingerprint density at radius 2 is 1.75 bits per heavy atom. The number of rotatable bonds is 4. The van der Waals surface area contributed by atoms with Gasteiger partial charge in [0.25, 0.3) is 0 Å². The molecule has 2 heterocycles. The Hall–Kier alpha value is -1.75. The molecule has 154 valence electrons. The van der Waals surface area contributed by atoms with Crippen LogP contribution in [0.5, 0.6) is 5.75 Å². The lowest BCUT2D eigenvalue weighted by Gasteiger charge is -2.39. The number of anilines is 1. The number of ether oxygens (including phenoxy) is 1. The smallest absolute Gasteiger partial charge is 0.237 e. The van der Waals surface area contributed by atoms with Crippen LogP contribution in [0.2, 0.25) is 0 Å². The molecule has 2 saturated heterocycles. The Kier molecular flexibility index (Phi) is 5.07. The third kappa shape index (κ3) is 4.00. The number of carbonyl (C=O) groups excluding carboxylic acids is 1. The minimum absolute atomic E-state index is 0.315. The van der Waals surface area contributed by atoms with Gasteiger partial charge >= 0.3 is 0 Å². The lowest BCUT2D eigenvalue weighted by molar-refractivity contribution is -0.133. The first-order chi connectivity index (χ1) is 13.3. The van der Waals surface area contributed by atoms with Crippen molar-refractivity contribution in [1.82, 2.24) is 9.80 Å². The number of amides is 1. The van der Waals surface area contributed by atoms with Crippen LogP contribution >= 0.6 is 0 Å². The summed E-state index contributed by atoms with van der Waals surface area (Å²) in [6.07, 6.45) is 3.58. The first-order valence-corrected chi connectivity index (χ1v) is 10.7. The summed E-state index contributed by atoms with van der Waals surface area (Å²) < 4.78 is 5.25. The lowest BCUT2D eigenvalue weighted by atomic mass is 9.65. The van der Waals surface area contributed by atoms with E-state index >= 15 is 0 Å². The molecule has 0 radical (unpaired) electrons. The van der Waals surface area contributed by atoms with Crippen molar-refractivity contribution in [2.45, 2.75) is 46.1 Å². The van der Waals surface area contributed by atoms with Gasteiger partial charge in [-0.1, -0.05) is 20.8 Å². The second-order valence-electron chi connectivity index (χ2n) is 10.2. The number of hydrogen-bond donors (Lipinski definition) is 0. The molecular formula is C23H35N3O2. The van der Waals surface area contributed by atoms with Gasteiger partial charge in [0.15, 0.2) is 0 Å². The van der Waals surface area contributed by atoms with Crippen LogP contribution in [0, 0.1) is 10.8 Å². The van der Waals surface area contributed by atoms with Crippen LogP contribution in [0.1, 0.15) is 40.0 Å². The van der Waals surface area contributed by atoms with Gasteiger partial charge in [-0.2, -0.15) is 0 Å². The van der Waals surface area contributed by atoms with E-state index in [2.05, 4.69) is 47.6 Å². The molecule has 2 atom stereocenters. The lowest BCUT2D eigenvalue weighted by Crippen LogP contribution is -2.51. The van der Waals surface area contributed by atoms with Crippen LogP contribution < -0.4 is 9.64 Å². The predicted molar refractivity (Wildman–Crippen MR) is 113 cm³/mol. The van der Waals surface area contributed by atoms with E-state index in [0.717, 1.165) is 44.9 Å². The van der Waals surface area contributed by atoms with Crippen LogP contribution in [-0.2, 0) is 4.79 Å². The van der Waals surface area contributed by atoms with Crippen molar-refractivity contribution in [3.05, 3.63) is 24.3 Å². The largest absolute Gasteiger partial charge is 0.497 e. The zero-order valence-electron chi connectivity index (χ0n) is 17.9. The Balaban J connectivity index is 1.31. The maximum atomic E-state index is 13.1. The van der Waals surface area contributed by atoms with Crippen molar-refractivity contribution in [2.24, 2.45) is 10.8 Å². The first kappa shape index (κ1) is 19.6. The summed E-state index contributed by atoms with van der Waals surface area (Å²) in [4.78, 5) is 20.0. The van der Waals surface area contributed by atoms with Gasteiger partial charge in [-0.15, -0.1) is 0 Å². The van der Waals surface area contributed by atoms with Crippen LogP contribution in [-0.4, -0.2) is 68.1 Å². The molecule has 1 saturated carbocycles. The second kappa shape index (κ2) is 7.25.